The highest BCUT2D eigenvalue weighted by Crippen LogP contribution is 2.16. The molecule has 1 fully saturated rings. The Kier molecular flexibility index (Phi) is 5.89. The second-order valence-corrected chi connectivity index (χ2v) is 5.50. The molecule has 1 saturated heterocycles. The first-order valence-corrected chi connectivity index (χ1v) is 7.44. The van der Waals surface area contributed by atoms with E-state index in [0.29, 0.717) is 6.10 Å². The van der Waals surface area contributed by atoms with E-state index in [1.54, 1.807) is 0 Å². The van der Waals surface area contributed by atoms with Crippen molar-refractivity contribution >= 4 is 11.8 Å². The van der Waals surface area contributed by atoms with E-state index in [4.69, 9.17) is 4.74 Å². The Morgan fingerprint density at radius 2 is 2.12 bits per heavy atom. The average molecular weight is 251 g/mol. The van der Waals surface area contributed by atoms with Gasteiger partial charge in [0.05, 0.1) is 6.10 Å². The fourth-order valence-corrected chi connectivity index (χ4v) is 2.85. The van der Waals surface area contributed by atoms with Gasteiger partial charge in [-0.25, -0.2) is 0 Å². The van der Waals surface area contributed by atoms with Gasteiger partial charge in [0.15, 0.2) is 0 Å². The van der Waals surface area contributed by atoms with E-state index in [2.05, 4.69) is 35.6 Å². The van der Waals surface area contributed by atoms with Crippen LogP contribution in [-0.4, -0.2) is 31.6 Å². The molecule has 1 aliphatic rings. The molecule has 0 aromatic heterocycles. The standard InChI is InChI=1S/C14H21NOS/c1-2-6-14(7-3-1)17-12-10-15-9-8-13-5-4-11-16-13/h1-3,6-7,13,15H,4-5,8-12H2. The Labute approximate surface area is 108 Å². The Bertz CT molecular complexity index is 298. The Balaban J connectivity index is 1.46. The number of benzene rings is 1. The predicted octanol–water partition coefficient (Wildman–Crippen LogP) is 2.94. The molecule has 2 nitrogen and oxygen atoms in total. The molecule has 1 aliphatic heterocycles. The molecular weight excluding hydrogens is 230 g/mol. The lowest BCUT2D eigenvalue weighted by molar-refractivity contribution is 0.104. The molecule has 2 rings (SSSR count). The minimum absolute atomic E-state index is 0.518. The second kappa shape index (κ2) is 7.75. The third kappa shape index (κ3) is 5.11. The average Bonchev–Trinajstić information content (AvgIpc) is 2.88. The lowest BCUT2D eigenvalue weighted by atomic mass is 10.2. The molecular formula is C14H21NOS. The summed E-state index contributed by atoms with van der Waals surface area (Å²) in [6.07, 6.45) is 4.18. The topological polar surface area (TPSA) is 21.3 Å². The van der Waals surface area contributed by atoms with Crippen molar-refractivity contribution in [3.05, 3.63) is 30.3 Å². The molecule has 0 radical (unpaired) electrons. The van der Waals surface area contributed by atoms with Crippen molar-refractivity contribution in [3.63, 3.8) is 0 Å². The number of ether oxygens (including phenoxy) is 1. The summed E-state index contributed by atoms with van der Waals surface area (Å²) < 4.78 is 5.58. The van der Waals surface area contributed by atoms with E-state index >= 15 is 0 Å². The normalized spacial score (nSPS) is 19.6. The summed E-state index contributed by atoms with van der Waals surface area (Å²) in [5.41, 5.74) is 0. The molecule has 0 spiro atoms. The van der Waals surface area contributed by atoms with Crippen LogP contribution in [0.3, 0.4) is 0 Å². The minimum atomic E-state index is 0.518. The monoisotopic (exact) mass is 251 g/mol. The largest absolute Gasteiger partial charge is 0.378 e. The maximum Gasteiger partial charge on any atom is 0.0588 e. The van der Waals surface area contributed by atoms with E-state index in [9.17, 15) is 0 Å². The molecule has 1 atom stereocenters. The van der Waals surface area contributed by atoms with E-state index in [1.807, 2.05) is 11.8 Å². The van der Waals surface area contributed by atoms with Gasteiger partial charge in [-0.1, -0.05) is 18.2 Å². The zero-order valence-electron chi connectivity index (χ0n) is 10.2. The van der Waals surface area contributed by atoms with Crippen LogP contribution in [0.2, 0.25) is 0 Å². The van der Waals surface area contributed by atoms with Gasteiger partial charge in [0, 0.05) is 23.8 Å². The van der Waals surface area contributed by atoms with E-state index in [1.165, 1.54) is 17.7 Å². The highest BCUT2D eigenvalue weighted by atomic mass is 32.2. The van der Waals surface area contributed by atoms with Gasteiger partial charge in [-0.2, -0.15) is 0 Å². The number of nitrogens with one attached hydrogen (secondary N) is 1. The van der Waals surface area contributed by atoms with Crippen LogP contribution in [-0.2, 0) is 4.74 Å². The number of rotatable bonds is 7. The first-order chi connectivity index (χ1) is 8.45. The molecule has 3 heteroatoms. The van der Waals surface area contributed by atoms with Crippen molar-refractivity contribution in [1.29, 1.82) is 0 Å². The minimum Gasteiger partial charge on any atom is -0.378 e. The fourth-order valence-electron chi connectivity index (χ4n) is 2.02. The zero-order valence-corrected chi connectivity index (χ0v) is 11.0. The van der Waals surface area contributed by atoms with Crippen molar-refractivity contribution in [2.75, 3.05) is 25.4 Å². The molecule has 0 saturated carbocycles. The molecule has 1 aromatic rings. The van der Waals surface area contributed by atoms with Crippen molar-refractivity contribution < 1.29 is 4.74 Å². The summed E-state index contributed by atoms with van der Waals surface area (Å²) in [7, 11) is 0. The first-order valence-electron chi connectivity index (χ1n) is 6.45. The first kappa shape index (κ1) is 12.9. The van der Waals surface area contributed by atoms with Gasteiger partial charge in [-0.3, -0.25) is 0 Å². The third-order valence-electron chi connectivity index (χ3n) is 2.96. The van der Waals surface area contributed by atoms with E-state index in [0.717, 1.165) is 31.9 Å². The van der Waals surface area contributed by atoms with Crippen LogP contribution in [0, 0.1) is 0 Å². The van der Waals surface area contributed by atoms with Crippen molar-refractivity contribution in [2.24, 2.45) is 0 Å². The summed E-state index contributed by atoms with van der Waals surface area (Å²) in [6.45, 7) is 3.13. The van der Waals surface area contributed by atoms with Gasteiger partial charge < -0.3 is 10.1 Å². The maximum absolute atomic E-state index is 5.58. The molecule has 0 bridgehead atoms. The zero-order chi connectivity index (χ0) is 11.8. The Morgan fingerprint density at radius 1 is 1.24 bits per heavy atom. The van der Waals surface area contributed by atoms with Crippen LogP contribution < -0.4 is 5.32 Å². The van der Waals surface area contributed by atoms with Gasteiger partial charge in [0.1, 0.15) is 0 Å². The molecule has 1 N–H and O–H groups in total. The summed E-state index contributed by atoms with van der Waals surface area (Å²) in [5, 5.41) is 3.48. The van der Waals surface area contributed by atoms with Gasteiger partial charge in [-0.15, -0.1) is 11.8 Å². The van der Waals surface area contributed by atoms with E-state index < -0.39 is 0 Å². The highest BCUT2D eigenvalue weighted by molar-refractivity contribution is 7.99. The van der Waals surface area contributed by atoms with Gasteiger partial charge >= 0.3 is 0 Å². The van der Waals surface area contributed by atoms with Crippen LogP contribution >= 0.6 is 11.8 Å². The molecule has 1 heterocycles. The molecule has 0 aliphatic carbocycles. The Hall–Kier alpha value is -0.510. The Morgan fingerprint density at radius 3 is 2.88 bits per heavy atom. The summed E-state index contributed by atoms with van der Waals surface area (Å²) in [6, 6.07) is 10.6. The summed E-state index contributed by atoms with van der Waals surface area (Å²) >= 11 is 1.91. The second-order valence-electron chi connectivity index (χ2n) is 4.34. The number of hydrogen-bond acceptors (Lipinski definition) is 3. The SMILES string of the molecule is c1ccc(SCCNCCC2CCCO2)cc1. The lowest BCUT2D eigenvalue weighted by Crippen LogP contribution is -2.22. The molecule has 17 heavy (non-hydrogen) atoms. The summed E-state index contributed by atoms with van der Waals surface area (Å²) in [4.78, 5) is 1.36. The summed E-state index contributed by atoms with van der Waals surface area (Å²) in [5.74, 6) is 1.13. The molecule has 0 amide bonds. The van der Waals surface area contributed by atoms with Crippen molar-refractivity contribution in [2.45, 2.75) is 30.3 Å². The highest BCUT2D eigenvalue weighted by Gasteiger charge is 2.14. The van der Waals surface area contributed by atoms with Crippen LogP contribution in [0.4, 0.5) is 0 Å². The quantitative estimate of drug-likeness (QED) is 0.595. The van der Waals surface area contributed by atoms with Crippen LogP contribution in [0.25, 0.3) is 0 Å². The number of hydrogen-bond donors (Lipinski definition) is 1. The third-order valence-corrected chi connectivity index (χ3v) is 3.97. The van der Waals surface area contributed by atoms with Crippen LogP contribution in [0.15, 0.2) is 35.2 Å². The fraction of sp³-hybridized carbons (Fsp3) is 0.571. The van der Waals surface area contributed by atoms with Gasteiger partial charge in [-0.05, 0) is 37.9 Å². The number of thioether (sulfide) groups is 1. The van der Waals surface area contributed by atoms with Gasteiger partial charge in [0.25, 0.3) is 0 Å². The lowest BCUT2D eigenvalue weighted by Gasteiger charge is -2.09. The smallest absolute Gasteiger partial charge is 0.0588 e. The van der Waals surface area contributed by atoms with Crippen LogP contribution in [0.1, 0.15) is 19.3 Å². The van der Waals surface area contributed by atoms with Gasteiger partial charge in [0.2, 0.25) is 0 Å². The van der Waals surface area contributed by atoms with E-state index in [-0.39, 0.29) is 0 Å². The maximum atomic E-state index is 5.58. The molecule has 1 unspecified atom stereocenters. The molecule has 1 aromatic carbocycles. The molecule has 94 valence electrons. The van der Waals surface area contributed by atoms with Crippen molar-refractivity contribution in [3.8, 4) is 0 Å². The van der Waals surface area contributed by atoms with Crippen molar-refractivity contribution in [1.82, 2.24) is 5.32 Å². The predicted molar refractivity (Wildman–Crippen MR) is 73.6 cm³/mol. The van der Waals surface area contributed by atoms with Crippen LogP contribution in [0.5, 0.6) is 0 Å².